The van der Waals surface area contributed by atoms with E-state index in [-0.39, 0.29) is 30.4 Å². The smallest absolute Gasteiger partial charge is 0.390 e. The summed E-state index contributed by atoms with van der Waals surface area (Å²) in [6, 6.07) is 1.81. The van der Waals surface area contributed by atoms with Gasteiger partial charge in [-0.1, -0.05) is 18.5 Å². The molecule has 0 amide bonds. The maximum Gasteiger partial charge on any atom is 0.390 e. The van der Waals surface area contributed by atoms with Crippen LogP contribution in [-0.2, 0) is 14.8 Å². The molecule has 14 heteroatoms. The first-order valence-electron chi connectivity index (χ1n) is 9.66. The second-order valence-corrected chi connectivity index (χ2v) is 9.62. The van der Waals surface area contributed by atoms with Crippen molar-refractivity contribution in [3.63, 3.8) is 0 Å². The lowest BCUT2D eigenvalue weighted by molar-refractivity contribution is -0.142. The van der Waals surface area contributed by atoms with Gasteiger partial charge in [0.2, 0.25) is 10.0 Å². The quantitative estimate of drug-likeness (QED) is 0.599. The number of likely N-dealkylation sites (tertiary alicyclic amines) is 1. The summed E-state index contributed by atoms with van der Waals surface area (Å²) in [5, 5.41) is 11.8. The second-order valence-electron chi connectivity index (χ2n) is 7.18. The molecule has 0 aromatic carbocycles. The van der Waals surface area contributed by atoms with Gasteiger partial charge in [-0.2, -0.15) is 18.3 Å². The van der Waals surface area contributed by atoms with Gasteiger partial charge in [-0.25, -0.2) is 13.1 Å². The van der Waals surface area contributed by atoms with Crippen LogP contribution >= 0.6 is 11.6 Å². The summed E-state index contributed by atoms with van der Waals surface area (Å²) < 4.78 is 67.7. The van der Waals surface area contributed by atoms with E-state index in [1.165, 1.54) is 28.2 Å². The van der Waals surface area contributed by atoms with Crippen molar-refractivity contribution in [2.75, 3.05) is 23.9 Å². The highest BCUT2D eigenvalue weighted by molar-refractivity contribution is 7.93. The van der Waals surface area contributed by atoms with E-state index >= 15 is 0 Å². The Morgan fingerprint density at radius 3 is 2.69 bits per heavy atom. The van der Waals surface area contributed by atoms with Crippen molar-refractivity contribution < 1.29 is 31.5 Å². The standard InChI is InChI=1S/C18H21ClF3N5O4S/c1-2-25-8-5-14(15(25)17(28)29)32(30,31)27(9-6-18(20,21)22)13-11-26(24-16(13)19)12-4-3-7-23-10-12/h3-4,7,10-11,14-15H,2,5-6,8-9H2,1H3,(H,28,29)/t14?,15-/m0/s1. The molecule has 2 atom stereocenters. The van der Waals surface area contributed by atoms with Crippen molar-refractivity contribution >= 4 is 33.3 Å². The largest absolute Gasteiger partial charge is 0.480 e. The molecule has 0 radical (unpaired) electrons. The number of alkyl halides is 3. The number of carboxylic acids is 1. The van der Waals surface area contributed by atoms with Gasteiger partial charge in [-0.15, -0.1) is 0 Å². The SMILES string of the molecule is CCN1CCC(S(=O)(=O)N(CCC(F)(F)F)c2cn(-c3cccnc3)nc2Cl)[C@H]1C(=O)O. The summed E-state index contributed by atoms with van der Waals surface area (Å²) in [7, 11) is -4.55. The van der Waals surface area contributed by atoms with Gasteiger partial charge in [0.15, 0.2) is 5.15 Å². The number of anilines is 1. The van der Waals surface area contributed by atoms with Crippen LogP contribution < -0.4 is 4.31 Å². The van der Waals surface area contributed by atoms with Gasteiger partial charge in [0, 0.05) is 19.3 Å². The minimum Gasteiger partial charge on any atom is -0.480 e. The minimum absolute atomic E-state index is 0.0377. The fourth-order valence-electron chi connectivity index (χ4n) is 3.72. The zero-order chi connectivity index (χ0) is 23.7. The van der Waals surface area contributed by atoms with Gasteiger partial charge in [-0.05, 0) is 25.1 Å². The molecule has 1 unspecified atom stereocenters. The van der Waals surface area contributed by atoms with E-state index in [9.17, 15) is 31.5 Å². The number of hydrogen-bond acceptors (Lipinski definition) is 6. The Kier molecular flexibility index (Phi) is 7.00. The first-order valence-corrected chi connectivity index (χ1v) is 11.5. The van der Waals surface area contributed by atoms with E-state index in [1.807, 2.05) is 0 Å². The van der Waals surface area contributed by atoms with Crippen molar-refractivity contribution in [1.29, 1.82) is 0 Å². The normalized spacial score (nSPS) is 19.9. The molecule has 32 heavy (non-hydrogen) atoms. The number of aliphatic carboxylic acids is 1. The third kappa shape index (κ3) is 4.99. The Balaban J connectivity index is 2.05. The molecular weight excluding hydrogens is 475 g/mol. The van der Waals surface area contributed by atoms with E-state index in [4.69, 9.17) is 11.6 Å². The predicted molar refractivity (Wildman–Crippen MR) is 110 cm³/mol. The molecular formula is C18H21ClF3N5O4S. The Morgan fingerprint density at radius 1 is 1.41 bits per heavy atom. The van der Waals surface area contributed by atoms with E-state index in [2.05, 4.69) is 10.1 Å². The van der Waals surface area contributed by atoms with Crippen molar-refractivity contribution in [3.05, 3.63) is 35.9 Å². The lowest BCUT2D eigenvalue weighted by atomic mass is 10.2. The van der Waals surface area contributed by atoms with Crippen LogP contribution in [0.2, 0.25) is 5.15 Å². The van der Waals surface area contributed by atoms with Crippen LogP contribution in [0.25, 0.3) is 5.69 Å². The summed E-state index contributed by atoms with van der Waals surface area (Å²) in [6.45, 7) is 1.19. The van der Waals surface area contributed by atoms with Crippen LogP contribution in [0.1, 0.15) is 19.8 Å². The molecule has 9 nitrogen and oxygen atoms in total. The van der Waals surface area contributed by atoms with Crippen LogP contribution in [0.5, 0.6) is 0 Å². The van der Waals surface area contributed by atoms with Crippen molar-refractivity contribution in [2.24, 2.45) is 0 Å². The van der Waals surface area contributed by atoms with Gasteiger partial charge in [-0.3, -0.25) is 19.0 Å². The summed E-state index contributed by atoms with van der Waals surface area (Å²) >= 11 is 6.14. The molecule has 3 rings (SSSR count). The van der Waals surface area contributed by atoms with E-state index in [1.54, 1.807) is 19.1 Å². The summed E-state index contributed by atoms with van der Waals surface area (Å²) in [5.74, 6) is -1.36. The summed E-state index contributed by atoms with van der Waals surface area (Å²) in [6.07, 6.45) is -2.02. The zero-order valence-corrected chi connectivity index (χ0v) is 18.5. The molecule has 3 heterocycles. The van der Waals surface area contributed by atoms with Crippen molar-refractivity contribution in [3.8, 4) is 5.69 Å². The molecule has 176 valence electrons. The van der Waals surface area contributed by atoms with Crippen LogP contribution in [0.15, 0.2) is 30.7 Å². The Bertz CT molecular complexity index is 1060. The molecule has 2 aromatic heterocycles. The molecule has 1 N–H and O–H groups in total. The maximum absolute atomic E-state index is 13.5. The monoisotopic (exact) mass is 495 g/mol. The van der Waals surface area contributed by atoms with Crippen LogP contribution in [0.4, 0.5) is 18.9 Å². The van der Waals surface area contributed by atoms with E-state index in [0.717, 1.165) is 0 Å². The number of carboxylic acid groups (broad SMARTS) is 1. The first-order chi connectivity index (χ1) is 15.0. The molecule has 0 saturated carbocycles. The fourth-order valence-corrected chi connectivity index (χ4v) is 6.10. The van der Waals surface area contributed by atoms with Crippen LogP contribution in [0, 0.1) is 0 Å². The molecule has 0 bridgehead atoms. The van der Waals surface area contributed by atoms with Gasteiger partial charge >= 0.3 is 12.1 Å². The number of halogens is 4. The van der Waals surface area contributed by atoms with E-state index in [0.29, 0.717) is 9.99 Å². The Labute approximate surface area is 187 Å². The third-order valence-corrected chi connectivity index (χ3v) is 7.75. The number of hydrogen-bond donors (Lipinski definition) is 1. The minimum atomic E-state index is -4.64. The average Bonchev–Trinajstić information content (AvgIpc) is 3.32. The highest BCUT2D eigenvalue weighted by Crippen LogP contribution is 2.35. The second kappa shape index (κ2) is 9.24. The van der Waals surface area contributed by atoms with Gasteiger partial charge in [0.05, 0.1) is 24.5 Å². The van der Waals surface area contributed by atoms with Gasteiger partial charge in [0.1, 0.15) is 17.0 Å². The zero-order valence-electron chi connectivity index (χ0n) is 16.9. The van der Waals surface area contributed by atoms with E-state index < -0.39 is 46.4 Å². The number of nitrogens with zero attached hydrogens (tertiary/aromatic N) is 5. The highest BCUT2D eigenvalue weighted by Gasteiger charge is 2.49. The molecule has 1 aliphatic rings. The molecule has 1 saturated heterocycles. The molecule has 0 spiro atoms. The van der Waals surface area contributed by atoms with Gasteiger partial charge < -0.3 is 5.11 Å². The predicted octanol–water partition coefficient (Wildman–Crippen LogP) is 2.56. The summed E-state index contributed by atoms with van der Waals surface area (Å²) in [5.41, 5.74) is 0.147. The third-order valence-electron chi connectivity index (χ3n) is 5.22. The fraction of sp³-hybridized carbons (Fsp3) is 0.500. The molecule has 2 aromatic rings. The molecule has 1 aliphatic heterocycles. The number of carbonyl (C=O) groups is 1. The number of sulfonamides is 1. The lowest BCUT2D eigenvalue weighted by Gasteiger charge is -2.30. The first kappa shape index (κ1) is 24.3. The van der Waals surface area contributed by atoms with Crippen molar-refractivity contribution in [1.82, 2.24) is 19.7 Å². The Hall–Kier alpha value is -2.38. The van der Waals surface area contributed by atoms with Crippen LogP contribution in [0.3, 0.4) is 0 Å². The number of pyridine rings is 1. The topological polar surface area (TPSA) is 109 Å². The number of aromatic nitrogens is 3. The average molecular weight is 496 g/mol. The lowest BCUT2D eigenvalue weighted by Crippen LogP contribution is -2.50. The van der Waals surface area contributed by atoms with Crippen molar-refractivity contribution in [2.45, 2.75) is 37.2 Å². The van der Waals surface area contributed by atoms with Gasteiger partial charge in [0.25, 0.3) is 0 Å². The number of likely N-dealkylation sites (N-methyl/N-ethyl adjacent to an activating group) is 1. The molecule has 1 fully saturated rings. The maximum atomic E-state index is 13.5. The summed E-state index contributed by atoms with van der Waals surface area (Å²) in [4.78, 5) is 17.2. The van der Waals surface area contributed by atoms with Crippen LogP contribution in [-0.4, -0.2) is 76.3 Å². The number of rotatable bonds is 8. The Morgan fingerprint density at radius 2 is 2.12 bits per heavy atom. The highest BCUT2D eigenvalue weighted by atomic mass is 35.5. The molecule has 0 aliphatic carbocycles.